The van der Waals surface area contributed by atoms with E-state index in [0.717, 1.165) is 5.69 Å². The quantitative estimate of drug-likeness (QED) is 0.754. The van der Waals surface area contributed by atoms with E-state index in [1.165, 1.54) is 7.11 Å². The molecule has 7 heteroatoms. The molecule has 0 radical (unpaired) electrons. The van der Waals surface area contributed by atoms with Crippen LogP contribution in [0.25, 0.3) is 0 Å². The second-order valence-corrected chi connectivity index (χ2v) is 6.49. The van der Waals surface area contributed by atoms with Gasteiger partial charge in [-0.25, -0.2) is 8.42 Å². The molecule has 1 aliphatic heterocycles. The number of hydrogen-bond donors (Lipinski definition) is 0. The highest BCUT2D eigenvalue weighted by Crippen LogP contribution is 2.28. The lowest BCUT2D eigenvalue weighted by Crippen LogP contribution is -2.40. The van der Waals surface area contributed by atoms with Crippen molar-refractivity contribution in [2.45, 2.75) is 0 Å². The van der Waals surface area contributed by atoms with Gasteiger partial charge in [0.15, 0.2) is 9.84 Å². The third-order valence-corrected chi connectivity index (χ3v) is 4.50. The first kappa shape index (κ1) is 12.4. The summed E-state index contributed by atoms with van der Waals surface area (Å²) in [6, 6.07) is 3.47. The van der Waals surface area contributed by atoms with Crippen LogP contribution in [0.5, 0.6) is 5.88 Å². The predicted molar refractivity (Wildman–Crippen MR) is 66.7 cm³/mol. The van der Waals surface area contributed by atoms with Crippen LogP contribution in [0.3, 0.4) is 0 Å². The lowest BCUT2D eigenvalue weighted by molar-refractivity contribution is 0.397. The van der Waals surface area contributed by atoms with Gasteiger partial charge in [0.25, 0.3) is 0 Å². The number of anilines is 1. The Morgan fingerprint density at radius 3 is 2.59 bits per heavy atom. The Morgan fingerprint density at radius 1 is 1.35 bits per heavy atom. The molecule has 2 rings (SSSR count). The van der Waals surface area contributed by atoms with E-state index in [-0.39, 0.29) is 11.5 Å². The molecule has 1 saturated heterocycles. The molecule has 0 saturated carbocycles. The highest BCUT2D eigenvalue weighted by molar-refractivity contribution is 7.91. The van der Waals surface area contributed by atoms with Gasteiger partial charge >= 0.3 is 0 Å². The molecule has 0 amide bonds. The Balaban J connectivity index is 2.24. The molecule has 1 aliphatic rings. The summed E-state index contributed by atoms with van der Waals surface area (Å²) in [7, 11) is -1.36. The standard InChI is InChI=1S/C10H13ClN2O3S/c1-16-10-8(2-3-9(11)12-10)13-4-6-17(14,15)7-5-13/h2-3H,4-7H2,1H3. The van der Waals surface area contributed by atoms with Crippen LogP contribution in [0.2, 0.25) is 5.15 Å². The zero-order valence-corrected chi connectivity index (χ0v) is 11.0. The number of pyridine rings is 1. The van der Waals surface area contributed by atoms with Gasteiger partial charge in [0.2, 0.25) is 5.88 Å². The van der Waals surface area contributed by atoms with Crippen LogP contribution in [0.1, 0.15) is 0 Å². The highest BCUT2D eigenvalue weighted by atomic mass is 35.5. The fourth-order valence-corrected chi connectivity index (χ4v) is 3.10. The first-order valence-electron chi connectivity index (χ1n) is 5.18. The van der Waals surface area contributed by atoms with E-state index in [0.29, 0.717) is 24.1 Å². The first-order valence-corrected chi connectivity index (χ1v) is 7.38. The normalized spacial score (nSPS) is 19.1. The maximum atomic E-state index is 11.3. The number of aromatic nitrogens is 1. The minimum absolute atomic E-state index is 0.165. The molecule has 1 aromatic heterocycles. The van der Waals surface area contributed by atoms with Gasteiger partial charge in [0, 0.05) is 13.1 Å². The van der Waals surface area contributed by atoms with Crippen molar-refractivity contribution in [2.75, 3.05) is 36.6 Å². The van der Waals surface area contributed by atoms with E-state index >= 15 is 0 Å². The number of rotatable bonds is 2. The monoisotopic (exact) mass is 276 g/mol. The number of halogens is 1. The summed E-state index contributed by atoms with van der Waals surface area (Å²) in [5.74, 6) is 0.759. The molecule has 5 nitrogen and oxygen atoms in total. The third kappa shape index (κ3) is 2.81. The van der Waals surface area contributed by atoms with Crippen LogP contribution in [-0.4, -0.2) is 45.1 Å². The van der Waals surface area contributed by atoms with Crippen LogP contribution >= 0.6 is 11.6 Å². The molecule has 0 unspecified atom stereocenters. The Kier molecular flexibility index (Phi) is 3.44. The Bertz CT molecular complexity index is 504. The van der Waals surface area contributed by atoms with E-state index in [9.17, 15) is 8.42 Å². The summed E-state index contributed by atoms with van der Waals surface area (Å²) in [6.45, 7) is 0.921. The molecule has 0 N–H and O–H groups in total. The molecule has 0 atom stereocenters. The zero-order valence-electron chi connectivity index (χ0n) is 9.39. The molecular formula is C10H13ClN2O3S. The summed E-state index contributed by atoms with van der Waals surface area (Å²) in [4.78, 5) is 6.00. The molecule has 0 aromatic carbocycles. The van der Waals surface area contributed by atoms with Crippen molar-refractivity contribution in [1.82, 2.24) is 4.98 Å². The van der Waals surface area contributed by atoms with E-state index in [1.807, 2.05) is 4.90 Å². The Labute approximate surface area is 105 Å². The average Bonchev–Trinajstić information content (AvgIpc) is 2.29. The number of nitrogens with zero attached hydrogens (tertiary/aromatic N) is 2. The summed E-state index contributed by atoms with van der Waals surface area (Å²) < 4.78 is 27.8. The molecule has 94 valence electrons. The van der Waals surface area contributed by atoms with Gasteiger partial charge in [0.1, 0.15) is 10.8 Å². The van der Waals surface area contributed by atoms with Crippen LogP contribution in [0, 0.1) is 0 Å². The van der Waals surface area contributed by atoms with E-state index in [1.54, 1.807) is 12.1 Å². The molecule has 1 fully saturated rings. The number of sulfone groups is 1. The van der Waals surface area contributed by atoms with Crippen molar-refractivity contribution < 1.29 is 13.2 Å². The topological polar surface area (TPSA) is 59.5 Å². The largest absolute Gasteiger partial charge is 0.479 e. The van der Waals surface area contributed by atoms with Crippen LogP contribution in [-0.2, 0) is 9.84 Å². The molecular weight excluding hydrogens is 264 g/mol. The minimum atomic E-state index is -2.88. The lowest BCUT2D eigenvalue weighted by atomic mass is 10.3. The summed E-state index contributed by atoms with van der Waals surface area (Å²) in [5, 5.41) is 0.357. The first-order chi connectivity index (χ1) is 8.02. The zero-order chi connectivity index (χ0) is 12.5. The second-order valence-electron chi connectivity index (χ2n) is 3.80. The van der Waals surface area contributed by atoms with Gasteiger partial charge in [-0.05, 0) is 12.1 Å². The molecule has 0 aliphatic carbocycles. The molecule has 1 aromatic rings. The van der Waals surface area contributed by atoms with Gasteiger partial charge < -0.3 is 9.64 Å². The summed E-state index contributed by atoms with van der Waals surface area (Å²) >= 11 is 5.77. The van der Waals surface area contributed by atoms with E-state index in [4.69, 9.17) is 16.3 Å². The minimum Gasteiger partial charge on any atom is -0.479 e. The molecule has 0 spiro atoms. The third-order valence-electron chi connectivity index (χ3n) is 2.68. The average molecular weight is 277 g/mol. The maximum absolute atomic E-state index is 11.3. The molecule has 17 heavy (non-hydrogen) atoms. The van der Waals surface area contributed by atoms with Crippen molar-refractivity contribution >= 4 is 27.1 Å². The van der Waals surface area contributed by atoms with E-state index in [2.05, 4.69) is 4.98 Å². The SMILES string of the molecule is COc1nc(Cl)ccc1N1CCS(=O)(=O)CC1. The highest BCUT2D eigenvalue weighted by Gasteiger charge is 2.24. The smallest absolute Gasteiger partial charge is 0.238 e. The lowest BCUT2D eigenvalue weighted by Gasteiger charge is -2.29. The summed E-state index contributed by atoms with van der Waals surface area (Å²) in [6.07, 6.45) is 0. The van der Waals surface area contributed by atoms with Crippen LogP contribution in [0.4, 0.5) is 5.69 Å². The van der Waals surface area contributed by atoms with Crippen molar-refractivity contribution in [3.05, 3.63) is 17.3 Å². The number of hydrogen-bond acceptors (Lipinski definition) is 5. The fourth-order valence-electron chi connectivity index (χ4n) is 1.75. The fraction of sp³-hybridized carbons (Fsp3) is 0.500. The van der Waals surface area contributed by atoms with Gasteiger partial charge in [0.05, 0.1) is 18.6 Å². The molecule has 0 bridgehead atoms. The number of ether oxygens (including phenoxy) is 1. The predicted octanol–water partition coefficient (Wildman–Crippen LogP) is 0.978. The summed E-state index contributed by atoms with van der Waals surface area (Å²) in [5.41, 5.74) is 0.784. The van der Waals surface area contributed by atoms with Crippen LogP contribution < -0.4 is 9.64 Å². The Morgan fingerprint density at radius 2 is 2.00 bits per heavy atom. The van der Waals surface area contributed by atoms with E-state index < -0.39 is 9.84 Å². The van der Waals surface area contributed by atoms with Gasteiger partial charge in [-0.1, -0.05) is 11.6 Å². The van der Waals surface area contributed by atoms with Gasteiger partial charge in [-0.15, -0.1) is 0 Å². The Hall–Kier alpha value is -1.01. The van der Waals surface area contributed by atoms with Gasteiger partial charge in [-0.2, -0.15) is 4.98 Å². The maximum Gasteiger partial charge on any atom is 0.238 e. The van der Waals surface area contributed by atoms with Crippen molar-refractivity contribution in [3.8, 4) is 5.88 Å². The van der Waals surface area contributed by atoms with Crippen LogP contribution in [0.15, 0.2) is 12.1 Å². The van der Waals surface area contributed by atoms with Crippen molar-refractivity contribution in [2.24, 2.45) is 0 Å². The number of methoxy groups -OCH3 is 1. The van der Waals surface area contributed by atoms with Crippen molar-refractivity contribution in [3.63, 3.8) is 0 Å². The molecule has 2 heterocycles. The second kappa shape index (κ2) is 4.70. The van der Waals surface area contributed by atoms with Crippen molar-refractivity contribution in [1.29, 1.82) is 0 Å². The van der Waals surface area contributed by atoms with Gasteiger partial charge in [-0.3, -0.25) is 0 Å².